The number of aromatic nitrogens is 2. The van der Waals surface area contributed by atoms with Crippen molar-refractivity contribution in [3.63, 3.8) is 0 Å². The van der Waals surface area contributed by atoms with Crippen molar-refractivity contribution in [1.82, 2.24) is 9.97 Å². The number of pyridine rings is 2. The Morgan fingerprint density at radius 3 is 1.62 bits per heavy atom. The number of hydrogen-bond acceptors (Lipinski definition) is 8. The van der Waals surface area contributed by atoms with Crippen LogP contribution < -0.4 is 0 Å². The highest BCUT2D eigenvalue weighted by molar-refractivity contribution is 9.09. The molecule has 3 atom stereocenters. The Kier molecular flexibility index (Phi) is 21.3. The van der Waals surface area contributed by atoms with Gasteiger partial charge in [-0.1, -0.05) is 70.6 Å². The fourth-order valence-corrected chi connectivity index (χ4v) is 6.75. The van der Waals surface area contributed by atoms with Gasteiger partial charge in [-0.25, -0.2) is 8.42 Å². The van der Waals surface area contributed by atoms with Crippen LogP contribution in [0.4, 0.5) is 26.3 Å². The summed E-state index contributed by atoms with van der Waals surface area (Å²) in [7, 11) is -5.58. The van der Waals surface area contributed by atoms with Gasteiger partial charge in [0, 0.05) is 30.2 Å². The molecule has 2 saturated carbocycles. The van der Waals surface area contributed by atoms with E-state index in [1.807, 2.05) is 0 Å². The van der Waals surface area contributed by atoms with Gasteiger partial charge in [-0.05, 0) is 54.4 Å². The Morgan fingerprint density at radius 1 is 0.830 bits per heavy atom. The molecular formula is C30H45BrF6N6O2S2. The smallest absolute Gasteiger partial charge is 0.251 e. The summed E-state index contributed by atoms with van der Waals surface area (Å²) in [5.41, 5.74) is -1.23. The molecule has 2 aliphatic carbocycles. The van der Waals surface area contributed by atoms with Gasteiger partial charge < -0.3 is 0 Å². The average Bonchev–Trinajstić information content (AvgIpc) is 3.82. The second-order valence-corrected chi connectivity index (χ2v) is 15.6. The van der Waals surface area contributed by atoms with E-state index in [-0.39, 0.29) is 35.5 Å². The molecule has 0 radical (unpaired) electrons. The summed E-state index contributed by atoms with van der Waals surface area (Å²) in [6, 6.07) is 4.12. The first-order valence-electron chi connectivity index (χ1n) is 12.7. The first-order valence-corrected chi connectivity index (χ1v) is 17.9. The van der Waals surface area contributed by atoms with Crippen LogP contribution >= 0.6 is 15.9 Å². The van der Waals surface area contributed by atoms with Crippen molar-refractivity contribution in [3.05, 3.63) is 59.2 Å². The standard InChI is InChI=1S/C13H14F3N3OS.C9H8F3N3OS.C4H7Br.4CH4/c1-21(20,19-8-17)11(6-9-2-3-9)10-4-5-12(18-7-10)13(14,15)16;1-17(16,15-6-13)5-7-2-3-8(14-4-7)9(10,11)12;5-3-4-1-2-4;;;;/h4-5,7,9,11H,2-3,6H2,1H3;2-4H,5H2,1H3;4H,1-3H2;4*1H4. The molecule has 2 fully saturated rings. The molecule has 4 rings (SSSR count). The summed E-state index contributed by atoms with van der Waals surface area (Å²) in [5, 5.41) is 17.6. The highest BCUT2D eigenvalue weighted by Crippen LogP contribution is 2.41. The van der Waals surface area contributed by atoms with Crippen molar-refractivity contribution in [2.45, 2.75) is 85.2 Å². The molecule has 17 heteroatoms. The lowest BCUT2D eigenvalue weighted by Gasteiger charge is -2.18. The lowest BCUT2D eigenvalue weighted by molar-refractivity contribution is -0.142. The van der Waals surface area contributed by atoms with E-state index in [4.69, 9.17) is 10.5 Å². The van der Waals surface area contributed by atoms with Gasteiger partial charge >= 0.3 is 12.4 Å². The lowest BCUT2D eigenvalue weighted by atomic mass is 10.1. The minimum absolute atomic E-state index is 0. The molecular weight excluding hydrogens is 734 g/mol. The zero-order chi connectivity index (χ0) is 32.5. The molecule has 0 N–H and O–H groups in total. The fourth-order valence-electron chi connectivity index (χ4n) is 3.51. The summed E-state index contributed by atoms with van der Waals surface area (Å²) >= 11 is 3.38. The van der Waals surface area contributed by atoms with Crippen LogP contribution in [0.1, 0.15) is 89.6 Å². The molecule has 47 heavy (non-hydrogen) atoms. The minimum Gasteiger partial charge on any atom is -0.251 e. The zero-order valence-electron chi connectivity index (χ0n) is 23.1. The fraction of sp³-hybridized carbons (Fsp3) is 0.600. The normalized spacial score (nSPS) is 16.5. The van der Waals surface area contributed by atoms with E-state index in [1.54, 1.807) is 0 Å². The van der Waals surface area contributed by atoms with E-state index in [0.717, 1.165) is 43.3 Å². The van der Waals surface area contributed by atoms with Crippen LogP contribution in [0.2, 0.25) is 0 Å². The average molecular weight is 780 g/mol. The summed E-state index contributed by atoms with van der Waals surface area (Å²) < 4.78 is 105. The number of alkyl halides is 7. The molecule has 2 aliphatic rings. The molecule has 2 aromatic rings. The molecule has 0 spiro atoms. The van der Waals surface area contributed by atoms with E-state index in [1.165, 1.54) is 55.2 Å². The summed E-state index contributed by atoms with van der Waals surface area (Å²) in [5.74, 6) is 1.34. The number of nitriles is 2. The Labute approximate surface area is 284 Å². The summed E-state index contributed by atoms with van der Waals surface area (Å²) in [6.07, 6.45) is 4.13. The van der Waals surface area contributed by atoms with E-state index in [0.29, 0.717) is 23.5 Å². The van der Waals surface area contributed by atoms with Crippen molar-refractivity contribution in [2.24, 2.45) is 20.6 Å². The maximum Gasteiger partial charge on any atom is 0.433 e. The van der Waals surface area contributed by atoms with Crippen molar-refractivity contribution >= 4 is 35.4 Å². The molecule has 0 amide bonds. The van der Waals surface area contributed by atoms with Crippen LogP contribution in [0.15, 0.2) is 45.4 Å². The quantitative estimate of drug-likeness (QED) is 0.156. The Hall–Kier alpha value is -2.76. The predicted molar refractivity (Wildman–Crippen MR) is 180 cm³/mol. The summed E-state index contributed by atoms with van der Waals surface area (Å²) in [6.45, 7) is 0. The third-order valence-electron chi connectivity index (χ3n) is 6.14. The third kappa shape index (κ3) is 17.8. The van der Waals surface area contributed by atoms with Gasteiger partial charge in [0.15, 0.2) is 0 Å². The lowest BCUT2D eigenvalue weighted by Crippen LogP contribution is -2.14. The number of nitrogens with zero attached hydrogens (tertiary/aromatic N) is 6. The van der Waals surface area contributed by atoms with Crippen LogP contribution in [-0.2, 0) is 37.6 Å². The molecule has 8 nitrogen and oxygen atoms in total. The van der Waals surface area contributed by atoms with Gasteiger partial charge in [-0.3, -0.25) is 9.97 Å². The van der Waals surface area contributed by atoms with E-state index in [2.05, 4.69) is 34.6 Å². The highest BCUT2D eigenvalue weighted by Gasteiger charge is 2.35. The number of rotatable bonds is 7. The van der Waals surface area contributed by atoms with Crippen LogP contribution in [0.25, 0.3) is 0 Å². The van der Waals surface area contributed by atoms with Crippen molar-refractivity contribution < 1.29 is 34.8 Å². The molecule has 268 valence electrons. The topological polar surface area (TPSA) is 132 Å². The number of halogens is 7. The predicted octanol–water partition coefficient (Wildman–Crippen LogP) is 10.0. The van der Waals surface area contributed by atoms with E-state index < -0.39 is 48.4 Å². The summed E-state index contributed by atoms with van der Waals surface area (Å²) in [4.78, 5) is 6.62. The zero-order valence-corrected chi connectivity index (χ0v) is 26.3. The third-order valence-corrected chi connectivity index (χ3v) is 10.4. The molecule has 0 saturated heterocycles. The van der Waals surface area contributed by atoms with Crippen molar-refractivity contribution in [1.29, 1.82) is 10.5 Å². The van der Waals surface area contributed by atoms with Gasteiger partial charge in [0.1, 0.15) is 11.4 Å². The number of hydrogen-bond donors (Lipinski definition) is 0. The maximum absolute atomic E-state index is 12.5. The van der Waals surface area contributed by atoms with Crippen LogP contribution in [-0.4, -0.2) is 36.2 Å². The molecule has 2 aromatic heterocycles. The second-order valence-electron chi connectivity index (χ2n) is 10.1. The van der Waals surface area contributed by atoms with Gasteiger partial charge in [0.25, 0.3) is 0 Å². The van der Waals surface area contributed by atoms with E-state index in [9.17, 15) is 34.8 Å². The molecule has 0 bridgehead atoms. The van der Waals surface area contributed by atoms with Crippen molar-refractivity contribution in [3.8, 4) is 12.4 Å². The molecule has 0 aromatic carbocycles. The highest BCUT2D eigenvalue weighted by atomic mass is 79.9. The maximum atomic E-state index is 12.5. The first kappa shape index (κ1) is 48.6. The first-order chi connectivity index (χ1) is 19.9. The molecule has 3 unspecified atom stereocenters. The van der Waals surface area contributed by atoms with Gasteiger partial charge in [0.05, 0.1) is 30.5 Å². The Balaban J connectivity index is -0.000000674. The molecule has 2 heterocycles. The Bertz CT molecular complexity index is 1550. The largest absolute Gasteiger partial charge is 0.433 e. The van der Waals surface area contributed by atoms with Gasteiger partial charge in [-0.2, -0.15) is 36.9 Å². The minimum atomic E-state index is -4.50. The monoisotopic (exact) mass is 778 g/mol. The Morgan fingerprint density at radius 2 is 1.30 bits per heavy atom. The SMILES string of the molecule is BrCC1CC1.C.C.C.C.CS(=O)(=NC#N)C(CC1CC1)c1ccc(C(F)(F)F)nc1.CS(=O)(Cc1ccc(C(F)(F)F)nc1)=NC#N. The van der Waals surface area contributed by atoms with Gasteiger partial charge in [-0.15, -0.1) is 8.73 Å². The van der Waals surface area contributed by atoms with Crippen LogP contribution in [0, 0.1) is 34.7 Å². The molecule has 0 aliphatic heterocycles. The van der Waals surface area contributed by atoms with Crippen LogP contribution in [0.3, 0.4) is 0 Å². The van der Waals surface area contributed by atoms with Gasteiger partial charge in [0.2, 0.25) is 12.4 Å². The second kappa shape index (κ2) is 20.6. The van der Waals surface area contributed by atoms with E-state index >= 15 is 0 Å². The van der Waals surface area contributed by atoms with Crippen LogP contribution in [0.5, 0.6) is 0 Å². The van der Waals surface area contributed by atoms with Crippen molar-refractivity contribution in [2.75, 3.05) is 17.8 Å².